The normalized spacial score (nSPS) is 10.3. The maximum Gasteiger partial charge on any atom is 0.287 e. The molecule has 1 aromatic carbocycles. The molecule has 2 aromatic rings. The summed E-state index contributed by atoms with van der Waals surface area (Å²) in [5, 5.41) is 5.45. The number of furan rings is 1. The van der Waals surface area contributed by atoms with Crippen LogP contribution in [0.4, 0.5) is 5.69 Å². The Labute approximate surface area is 144 Å². The first-order valence-corrected chi connectivity index (χ1v) is 8.14. The quantitative estimate of drug-likeness (QED) is 0.757. The zero-order chi connectivity index (χ0) is 16.1. The third-order valence-corrected chi connectivity index (χ3v) is 3.83. The van der Waals surface area contributed by atoms with E-state index in [1.54, 1.807) is 12.1 Å². The molecule has 2 amide bonds. The van der Waals surface area contributed by atoms with Gasteiger partial charge in [0, 0.05) is 23.1 Å². The average Bonchev–Trinajstić information content (AvgIpc) is 2.89. The minimum Gasteiger partial charge on any atom is -0.444 e. The van der Waals surface area contributed by atoms with Crippen LogP contribution in [0.3, 0.4) is 0 Å². The van der Waals surface area contributed by atoms with Crippen molar-refractivity contribution < 1.29 is 14.0 Å². The summed E-state index contributed by atoms with van der Waals surface area (Å²) in [6, 6.07) is 8.86. The van der Waals surface area contributed by atoms with Gasteiger partial charge in [-0.25, -0.2) is 0 Å². The fourth-order valence-electron chi connectivity index (χ4n) is 1.75. The van der Waals surface area contributed by atoms with Gasteiger partial charge in [-0.1, -0.05) is 22.0 Å². The SMILES string of the molecule is Cc1ccc(Br)cc1NC(=O)CCNC(=O)c1ccc(Br)o1. The monoisotopic (exact) mass is 428 g/mol. The molecule has 0 saturated carbocycles. The van der Waals surface area contributed by atoms with Gasteiger partial charge in [0.25, 0.3) is 5.91 Å². The molecule has 0 saturated heterocycles. The van der Waals surface area contributed by atoms with Crippen molar-refractivity contribution in [2.24, 2.45) is 0 Å². The van der Waals surface area contributed by atoms with E-state index in [0.29, 0.717) is 4.67 Å². The molecule has 0 atom stereocenters. The zero-order valence-corrected chi connectivity index (χ0v) is 15.0. The Bertz CT molecular complexity index is 698. The maximum absolute atomic E-state index is 11.9. The highest BCUT2D eigenvalue weighted by Crippen LogP contribution is 2.20. The van der Waals surface area contributed by atoms with Crippen molar-refractivity contribution in [3.05, 3.63) is 50.8 Å². The van der Waals surface area contributed by atoms with Gasteiger partial charge in [-0.05, 0) is 52.7 Å². The number of nitrogens with one attached hydrogen (secondary N) is 2. The van der Waals surface area contributed by atoms with Crippen LogP contribution in [0.2, 0.25) is 0 Å². The van der Waals surface area contributed by atoms with E-state index >= 15 is 0 Å². The molecule has 0 fully saturated rings. The Morgan fingerprint density at radius 2 is 1.95 bits per heavy atom. The summed E-state index contributed by atoms with van der Waals surface area (Å²) in [6.07, 6.45) is 0.180. The van der Waals surface area contributed by atoms with Gasteiger partial charge in [0.1, 0.15) is 0 Å². The van der Waals surface area contributed by atoms with Crippen LogP contribution >= 0.6 is 31.9 Å². The van der Waals surface area contributed by atoms with Gasteiger partial charge < -0.3 is 15.1 Å². The van der Waals surface area contributed by atoms with Gasteiger partial charge in [0.05, 0.1) is 0 Å². The van der Waals surface area contributed by atoms with Crippen LogP contribution in [0.5, 0.6) is 0 Å². The van der Waals surface area contributed by atoms with Gasteiger partial charge in [0.15, 0.2) is 10.4 Å². The van der Waals surface area contributed by atoms with Crippen molar-refractivity contribution in [1.82, 2.24) is 5.32 Å². The number of anilines is 1. The Balaban J connectivity index is 1.80. The van der Waals surface area contributed by atoms with Crippen LogP contribution in [0.25, 0.3) is 0 Å². The molecule has 2 rings (SSSR count). The molecule has 0 aliphatic rings. The molecular weight excluding hydrogens is 416 g/mol. The Morgan fingerprint density at radius 1 is 1.18 bits per heavy atom. The summed E-state index contributed by atoms with van der Waals surface area (Å²) in [5.41, 5.74) is 1.72. The van der Waals surface area contributed by atoms with Crippen LogP contribution in [0.1, 0.15) is 22.5 Å². The van der Waals surface area contributed by atoms with Gasteiger partial charge >= 0.3 is 0 Å². The largest absolute Gasteiger partial charge is 0.444 e. The number of rotatable bonds is 5. The van der Waals surface area contributed by atoms with E-state index in [1.807, 2.05) is 25.1 Å². The number of benzene rings is 1. The summed E-state index contributed by atoms with van der Waals surface area (Å²) in [5.74, 6) is -0.311. The average molecular weight is 430 g/mol. The smallest absolute Gasteiger partial charge is 0.287 e. The van der Waals surface area contributed by atoms with E-state index < -0.39 is 0 Å². The Hall–Kier alpha value is -1.60. The van der Waals surface area contributed by atoms with Gasteiger partial charge in [0.2, 0.25) is 5.91 Å². The number of carbonyl (C=O) groups is 2. The number of aryl methyl sites for hydroxylation is 1. The fraction of sp³-hybridized carbons (Fsp3) is 0.200. The lowest BCUT2D eigenvalue weighted by Gasteiger charge is -2.09. The lowest BCUT2D eigenvalue weighted by Crippen LogP contribution is -2.27. The molecule has 0 bridgehead atoms. The summed E-state index contributed by atoms with van der Waals surface area (Å²) in [7, 11) is 0. The number of carbonyl (C=O) groups excluding carboxylic acids is 2. The Morgan fingerprint density at radius 3 is 2.64 bits per heavy atom. The Kier molecular flexibility index (Phi) is 5.79. The second kappa shape index (κ2) is 7.60. The summed E-state index contributed by atoms with van der Waals surface area (Å²) < 4.78 is 6.51. The number of hydrogen-bond donors (Lipinski definition) is 2. The van der Waals surface area contributed by atoms with E-state index in [4.69, 9.17) is 4.42 Å². The molecule has 22 heavy (non-hydrogen) atoms. The van der Waals surface area contributed by atoms with Crippen molar-refractivity contribution in [3.63, 3.8) is 0 Å². The number of halogens is 2. The first-order valence-electron chi connectivity index (χ1n) is 6.55. The van der Waals surface area contributed by atoms with Crippen LogP contribution in [0.15, 0.2) is 43.9 Å². The standard InChI is InChI=1S/C15H14Br2N2O3/c1-9-2-3-10(16)8-11(9)19-14(20)6-7-18-15(21)12-4-5-13(17)22-12/h2-5,8H,6-7H2,1H3,(H,18,21)(H,19,20). The first-order chi connectivity index (χ1) is 10.5. The first kappa shape index (κ1) is 16.8. The van der Waals surface area contributed by atoms with Gasteiger partial charge in [-0.15, -0.1) is 0 Å². The second-order valence-electron chi connectivity index (χ2n) is 4.62. The molecule has 116 valence electrons. The van der Waals surface area contributed by atoms with Crippen molar-refractivity contribution in [3.8, 4) is 0 Å². The molecule has 0 spiro atoms. The van der Waals surface area contributed by atoms with E-state index in [1.165, 1.54) is 0 Å². The van der Waals surface area contributed by atoms with Crippen molar-refractivity contribution in [1.29, 1.82) is 0 Å². The zero-order valence-electron chi connectivity index (χ0n) is 11.8. The van der Waals surface area contributed by atoms with Gasteiger partial charge in [-0.2, -0.15) is 0 Å². The molecule has 5 nitrogen and oxygen atoms in total. The van der Waals surface area contributed by atoms with E-state index in [0.717, 1.165) is 15.7 Å². The molecule has 0 aliphatic heterocycles. The van der Waals surface area contributed by atoms with Gasteiger partial charge in [-0.3, -0.25) is 9.59 Å². The number of hydrogen-bond acceptors (Lipinski definition) is 3. The lowest BCUT2D eigenvalue weighted by atomic mass is 10.2. The van der Waals surface area contributed by atoms with Crippen LogP contribution in [-0.4, -0.2) is 18.4 Å². The minimum atomic E-state index is -0.350. The summed E-state index contributed by atoms with van der Waals surface area (Å²) >= 11 is 6.49. The topological polar surface area (TPSA) is 71.3 Å². The highest BCUT2D eigenvalue weighted by atomic mass is 79.9. The molecule has 1 heterocycles. The molecular formula is C15H14Br2N2O3. The highest BCUT2D eigenvalue weighted by Gasteiger charge is 2.11. The maximum atomic E-state index is 11.9. The van der Waals surface area contributed by atoms with Crippen molar-refractivity contribution in [2.75, 3.05) is 11.9 Å². The molecule has 0 aliphatic carbocycles. The molecule has 7 heteroatoms. The molecule has 0 unspecified atom stereocenters. The van der Waals surface area contributed by atoms with Crippen LogP contribution < -0.4 is 10.6 Å². The molecule has 0 radical (unpaired) electrons. The van der Waals surface area contributed by atoms with E-state index in [-0.39, 0.29) is 30.5 Å². The van der Waals surface area contributed by atoms with Crippen molar-refractivity contribution in [2.45, 2.75) is 13.3 Å². The minimum absolute atomic E-state index is 0.165. The fourth-order valence-corrected chi connectivity index (χ4v) is 2.42. The lowest BCUT2D eigenvalue weighted by molar-refractivity contribution is -0.116. The predicted molar refractivity (Wildman–Crippen MR) is 90.9 cm³/mol. The predicted octanol–water partition coefficient (Wildman–Crippen LogP) is 3.87. The molecule has 1 aromatic heterocycles. The van der Waals surface area contributed by atoms with E-state index in [9.17, 15) is 9.59 Å². The third-order valence-electron chi connectivity index (χ3n) is 2.91. The van der Waals surface area contributed by atoms with Crippen molar-refractivity contribution >= 4 is 49.4 Å². The number of amides is 2. The molecule has 2 N–H and O–H groups in total. The summed E-state index contributed by atoms with van der Waals surface area (Å²) in [6.45, 7) is 2.15. The van der Waals surface area contributed by atoms with Crippen LogP contribution in [0, 0.1) is 6.92 Å². The summed E-state index contributed by atoms with van der Waals surface area (Å²) in [4.78, 5) is 23.6. The van der Waals surface area contributed by atoms with E-state index in [2.05, 4.69) is 42.5 Å². The van der Waals surface area contributed by atoms with Crippen LogP contribution in [-0.2, 0) is 4.79 Å². The third kappa shape index (κ3) is 4.71. The second-order valence-corrected chi connectivity index (χ2v) is 6.31. The highest BCUT2D eigenvalue weighted by molar-refractivity contribution is 9.10.